The molecule has 12 atom stereocenters. The van der Waals surface area contributed by atoms with Gasteiger partial charge in [-0.3, -0.25) is 9.59 Å². The Hall–Kier alpha value is -0.391. The Bertz CT molecular complexity index is 724. The van der Waals surface area contributed by atoms with Crippen molar-refractivity contribution in [1.29, 1.82) is 0 Å². The maximum absolute atomic E-state index is 12.6. The fraction of sp³-hybridized carbons (Fsp3) is 0.900. The number of amides is 2. The van der Waals surface area contributed by atoms with Crippen molar-refractivity contribution in [2.45, 2.75) is 73.4 Å². The molecule has 0 aromatic carbocycles. The third-order valence-corrected chi connectivity index (χ3v) is 6.77. The first-order chi connectivity index (χ1) is 19.0. The summed E-state index contributed by atoms with van der Waals surface area (Å²) in [6, 6.07) is -5.02. The number of hydrogen-bond acceptors (Lipinski definition) is 15. The van der Waals surface area contributed by atoms with E-state index < -0.39 is 98.4 Å². The third kappa shape index (κ3) is 10.1. The Balaban J connectivity index is 0.00000391. The predicted molar refractivity (Wildman–Crippen MR) is 133 cm³/mol. The molecule has 0 radical (unpaired) electrons. The van der Waals surface area contributed by atoms with Crippen LogP contribution in [-0.4, -0.2) is 164 Å². The van der Waals surface area contributed by atoms with Gasteiger partial charge in [0.05, 0.1) is 13.2 Å². The van der Waals surface area contributed by atoms with Crippen LogP contribution in [0.25, 0.3) is 10.6 Å². The van der Waals surface area contributed by atoms with Gasteiger partial charge in [-0.25, -0.2) is 0 Å². The number of rotatable bonds is 13. The second kappa shape index (κ2) is 19.0. The van der Waals surface area contributed by atoms with E-state index in [0.717, 1.165) is 18.9 Å². The first kappa shape index (κ1) is 37.6. The summed E-state index contributed by atoms with van der Waals surface area (Å²) in [5.74, 6) is -1.88. The monoisotopic (exact) mass is 699 g/mol. The minimum atomic E-state index is -1.70. The van der Waals surface area contributed by atoms with E-state index in [9.17, 15) is 40.2 Å². The summed E-state index contributed by atoms with van der Waals surface area (Å²) < 4.78 is 18.2. The van der Waals surface area contributed by atoms with Crippen LogP contribution < -0.4 is 10.6 Å². The van der Waals surface area contributed by atoms with Crippen LogP contribution >= 0.6 is 0 Å². The molecule has 231 valence electrons. The average molecular weight is 701 g/mol. The maximum atomic E-state index is 12.6. The molecular formula is C20H34N4O13S2Tc. The number of carbonyl (C=O) groups excluding carboxylic acids is 2. The minimum absolute atomic E-state index is 0.0655. The first-order valence-electron chi connectivity index (χ1n) is 11.9. The molecule has 10 N–H and O–H groups in total. The molecule has 17 nitrogen and oxygen atoms in total. The SMILES string of the molecule is O=C(NC1C(O)OC(CO)C(O)C1O)C(C[S-])[N-]CC[N-]C(C[S-])C(=O)NC1C(O)OC(CO)C(O)C1O.[O]=[Tc+4]. The van der Waals surface area contributed by atoms with Crippen molar-refractivity contribution in [3.63, 3.8) is 0 Å². The van der Waals surface area contributed by atoms with Gasteiger partial charge in [-0.05, 0) is 0 Å². The summed E-state index contributed by atoms with van der Waals surface area (Å²) in [7, 11) is 0. The normalized spacial score (nSPS) is 35.6. The van der Waals surface area contributed by atoms with E-state index in [1.165, 1.54) is 0 Å². The molecule has 12 unspecified atom stereocenters. The van der Waals surface area contributed by atoms with E-state index in [2.05, 4.69) is 21.3 Å². The molecule has 2 saturated heterocycles. The Morgan fingerprint density at radius 2 is 1.02 bits per heavy atom. The van der Waals surface area contributed by atoms with Crippen molar-refractivity contribution in [2.24, 2.45) is 0 Å². The van der Waals surface area contributed by atoms with Gasteiger partial charge in [-0.2, -0.15) is 24.6 Å². The van der Waals surface area contributed by atoms with Gasteiger partial charge in [-0.1, -0.05) is 12.1 Å². The zero-order chi connectivity index (χ0) is 30.6. The fourth-order valence-electron chi connectivity index (χ4n) is 3.88. The molecule has 2 heterocycles. The van der Waals surface area contributed by atoms with Crippen molar-refractivity contribution >= 4 is 37.1 Å². The molecule has 0 aromatic heterocycles. The van der Waals surface area contributed by atoms with E-state index in [1.54, 1.807) is 0 Å². The zero-order valence-corrected chi connectivity index (χ0v) is 24.4. The first-order valence-corrected chi connectivity index (χ1v) is 13.8. The van der Waals surface area contributed by atoms with E-state index >= 15 is 0 Å². The Morgan fingerprint density at radius 3 is 1.30 bits per heavy atom. The van der Waals surface area contributed by atoms with E-state index in [4.69, 9.17) is 48.4 Å². The van der Waals surface area contributed by atoms with Crippen LogP contribution in [-0.2, 0) is 66.7 Å². The van der Waals surface area contributed by atoms with Crippen LogP contribution in [0, 0.1) is 0 Å². The van der Waals surface area contributed by atoms with Crippen LogP contribution in [0.1, 0.15) is 0 Å². The Morgan fingerprint density at radius 1 is 0.700 bits per heavy atom. The van der Waals surface area contributed by atoms with Crippen molar-refractivity contribution in [3.05, 3.63) is 10.6 Å². The van der Waals surface area contributed by atoms with Crippen LogP contribution in [0.15, 0.2) is 0 Å². The molecule has 0 aromatic rings. The van der Waals surface area contributed by atoms with Crippen molar-refractivity contribution in [3.8, 4) is 0 Å². The Labute approximate surface area is 251 Å². The topological polar surface area (TPSA) is 284 Å². The van der Waals surface area contributed by atoms with Crippen molar-refractivity contribution in [1.82, 2.24) is 10.6 Å². The molecule has 20 heteroatoms. The number of ether oxygens (including phenoxy) is 2. The summed E-state index contributed by atoms with van der Waals surface area (Å²) in [6.45, 7) is -1.45. The summed E-state index contributed by atoms with van der Waals surface area (Å²) in [5.41, 5.74) is 0. The molecule has 2 amide bonds. The van der Waals surface area contributed by atoms with Gasteiger partial charge < -0.3 is 96.9 Å². The van der Waals surface area contributed by atoms with Gasteiger partial charge in [0.2, 0.25) is 11.8 Å². The Kier molecular flexibility index (Phi) is 17.9. The average Bonchev–Trinajstić information content (AvgIpc) is 2.95. The molecule has 0 saturated carbocycles. The molecule has 2 rings (SSSR count). The number of hydrogen-bond donors (Lipinski definition) is 10. The van der Waals surface area contributed by atoms with Crippen LogP contribution in [0.5, 0.6) is 0 Å². The second-order valence-corrected chi connectivity index (χ2v) is 9.37. The molecule has 40 heavy (non-hydrogen) atoms. The molecule has 2 aliphatic rings. The number of aliphatic hydroxyl groups excluding tert-OH is 8. The number of carbonyl (C=O) groups is 2. The van der Waals surface area contributed by atoms with Crippen LogP contribution in [0.2, 0.25) is 0 Å². The molecule has 2 fully saturated rings. The van der Waals surface area contributed by atoms with Gasteiger partial charge in [0.15, 0.2) is 12.6 Å². The standard InChI is InChI=1S/C20H36N4O12S2.O.Tc/c25-3-9-13(27)15(29)11(19(33)35-9)23-17(31)7(5-37)21-1-2-22-8(6-38)18(32)24-12-16(30)14(28)10(4-26)36-20(12)34;;/h7-16,19-20,25-30,33-34,37-38H,1-6H2,(H,23,31)(H,24,32);;/q-2;;+4/p-2. The van der Waals surface area contributed by atoms with Gasteiger partial charge in [0, 0.05) is 0 Å². The number of nitrogens with zero attached hydrogens (tertiary/aromatic N) is 2. The molecule has 0 aliphatic carbocycles. The molecule has 0 spiro atoms. The number of aliphatic hydroxyl groups is 8. The molecule has 2 aliphatic heterocycles. The van der Waals surface area contributed by atoms with Gasteiger partial charge in [0.25, 0.3) is 0 Å². The zero-order valence-electron chi connectivity index (χ0n) is 20.9. The molecular weight excluding hydrogens is 666 g/mol. The summed E-state index contributed by atoms with van der Waals surface area (Å²) >= 11 is 10.8. The summed E-state index contributed by atoms with van der Waals surface area (Å²) in [6.07, 6.45) is -12.3. The quantitative estimate of drug-likeness (QED) is 0.0631. The van der Waals surface area contributed by atoms with E-state index in [0.29, 0.717) is 0 Å². The van der Waals surface area contributed by atoms with E-state index in [1.807, 2.05) is 0 Å². The second-order valence-electron chi connectivity index (χ2n) is 8.70. The molecule has 0 bridgehead atoms. The van der Waals surface area contributed by atoms with Gasteiger partial charge in [-0.15, -0.1) is 0 Å². The van der Waals surface area contributed by atoms with Crippen LogP contribution in [0.3, 0.4) is 0 Å². The number of nitrogens with one attached hydrogen (secondary N) is 2. The predicted octanol–water partition coefficient (Wildman–Crippen LogP) is -6.72. The summed E-state index contributed by atoms with van der Waals surface area (Å²) in [4.78, 5) is 25.1. The van der Waals surface area contributed by atoms with Crippen molar-refractivity contribution < 1.29 is 82.3 Å². The van der Waals surface area contributed by atoms with Gasteiger partial charge >= 0.3 is 22.4 Å². The third-order valence-electron chi connectivity index (χ3n) is 6.14. The van der Waals surface area contributed by atoms with E-state index in [-0.39, 0.29) is 24.6 Å². The van der Waals surface area contributed by atoms with Gasteiger partial charge in [0.1, 0.15) is 48.7 Å². The summed E-state index contributed by atoms with van der Waals surface area (Å²) in [5, 5.41) is 91.3. The fourth-order valence-corrected chi connectivity index (χ4v) is 4.39. The van der Waals surface area contributed by atoms with Crippen LogP contribution in [0.4, 0.5) is 0 Å². The van der Waals surface area contributed by atoms with Crippen molar-refractivity contribution in [2.75, 3.05) is 37.8 Å².